The molecule has 0 aliphatic rings. The van der Waals surface area contributed by atoms with Gasteiger partial charge in [-0.15, -0.1) is 0 Å². The van der Waals surface area contributed by atoms with E-state index in [1.807, 2.05) is 6.92 Å². The highest BCUT2D eigenvalue weighted by Crippen LogP contribution is 2.13. The van der Waals surface area contributed by atoms with Crippen molar-refractivity contribution in [2.45, 2.75) is 116 Å². The number of aliphatic hydroxyl groups excluding tert-OH is 1. The first-order valence-electron chi connectivity index (χ1n) is 13.0. The third kappa shape index (κ3) is 22.1. The van der Waals surface area contributed by atoms with E-state index in [1.54, 1.807) is 0 Å². The second-order valence-corrected chi connectivity index (χ2v) is 9.10. The fourth-order valence-electron chi connectivity index (χ4n) is 4.00. The molecule has 0 amide bonds. The van der Waals surface area contributed by atoms with E-state index in [9.17, 15) is 14.7 Å². The van der Waals surface area contributed by atoms with Gasteiger partial charge in [0.2, 0.25) is 0 Å². The highest BCUT2D eigenvalue weighted by molar-refractivity contribution is 5.68. The van der Waals surface area contributed by atoms with E-state index in [0.717, 1.165) is 51.6 Å². The number of aldehydes is 1. The molecule has 0 aromatic rings. The molecular formula is C26H51NO4. The van der Waals surface area contributed by atoms with Crippen molar-refractivity contribution < 1.29 is 19.4 Å². The van der Waals surface area contributed by atoms with E-state index >= 15 is 0 Å². The number of esters is 1. The maximum Gasteiger partial charge on any atom is 0.305 e. The minimum absolute atomic E-state index is 0.0865. The molecule has 0 radical (unpaired) electrons. The summed E-state index contributed by atoms with van der Waals surface area (Å²) in [6, 6.07) is 0. The Morgan fingerprint density at radius 1 is 0.774 bits per heavy atom. The smallest absolute Gasteiger partial charge is 0.305 e. The van der Waals surface area contributed by atoms with Gasteiger partial charge in [-0.05, 0) is 38.8 Å². The number of hydrogen-bond donors (Lipinski definition) is 1. The summed E-state index contributed by atoms with van der Waals surface area (Å²) in [5, 5.41) is 9.30. The minimum atomic E-state index is -0.0865. The molecule has 0 aliphatic heterocycles. The summed E-state index contributed by atoms with van der Waals surface area (Å²) in [6.45, 7) is 5.23. The normalized spacial score (nSPS) is 12.3. The Morgan fingerprint density at radius 2 is 1.23 bits per heavy atom. The van der Waals surface area contributed by atoms with Gasteiger partial charge < -0.3 is 19.5 Å². The number of hydrogen-bond acceptors (Lipinski definition) is 5. The summed E-state index contributed by atoms with van der Waals surface area (Å²) >= 11 is 0. The minimum Gasteiger partial charge on any atom is -0.469 e. The summed E-state index contributed by atoms with van der Waals surface area (Å²) in [4.78, 5) is 24.1. The number of aliphatic hydroxyl groups is 1. The van der Waals surface area contributed by atoms with Crippen LogP contribution < -0.4 is 0 Å². The van der Waals surface area contributed by atoms with Crippen LogP contribution in [0.1, 0.15) is 116 Å². The van der Waals surface area contributed by atoms with Crippen LogP contribution in [0.25, 0.3) is 0 Å². The zero-order valence-electron chi connectivity index (χ0n) is 20.6. The van der Waals surface area contributed by atoms with Crippen LogP contribution >= 0.6 is 0 Å². The topological polar surface area (TPSA) is 66.8 Å². The van der Waals surface area contributed by atoms with Crippen LogP contribution in [0.5, 0.6) is 0 Å². The molecule has 0 aromatic heterocycles. The maximum absolute atomic E-state index is 11.0. The number of carbonyl (C=O) groups is 2. The molecule has 0 bridgehead atoms. The second kappa shape index (κ2) is 23.7. The van der Waals surface area contributed by atoms with Gasteiger partial charge >= 0.3 is 5.97 Å². The zero-order valence-corrected chi connectivity index (χ0v) is 20.6. The number of methoxy groups -OCH3 is 1. The van der Waals surface area contributed by atoms with Gasteiger partial charge in [0.15, 0.2) is 0 Å². The zero-order chi connectivity index (χ0) is 23.0. The van der Waals surface area contributed by atoms with Crippen molar-refractivity contribution in [3.8, 4) is 0 Å². The van der Waals surface area contributed by atoms with Gasteiger partial charge in [0.25, 0.3) is 0 Å². The van der Waals surface area contributed by atoms with E-state index < -0.39 is 0 Å². The Bertz CT molecular complexity index is 403. The average molecular weight is 442 g/mol. The van der Waals surface area contributed by atoms with E-state index in [-0.39, 0.29) is 18.5 Å². The molecule has 0 saturated heterocycles. The fourth-order valence-corrected chi connectivity index (χ4v) is 4.00. The Hall–Kier alpha value is -0.940. The van der Waals surface area contributed by atoms with Crippen molar-refractivity contribution in [3.05, 3.63) is 0 Å². The van der Waals surface area contributed by atoms with Gasteiger partial charge in [-0.2, -0.15) is 0 Å². The number of nitrogens with zero attached hydrogens (tertiary/aromatic N) is 1. The lowest BCUT2D eigenvalue weighted by atomic mass is 10.0. The molecule has 0 heterocycles. The summed E-state index contributed by atoms with van der Waals surface area (Å²) in [5.74, 6) is 0.117. The van der Waals surface area contributed by atoms with Crippen LogP contribution in [0.3, 0.4) is 0 Å². The summed E-state index contributed by atoms with van der Waals surface area (Å²) < 4.78 is 4.65. The Labute approximate surface area is 192 Å². The predicted octanol–water partition coefficient (Wildman–Crippen LogP) is 5.92. The van der Waals surface area contributed by atoms with Crippen LogP contribution in [0.15, 0.2) is 0 Å². The first-order valence-corrected chi connectivity index (χ1v) is 13.0. The molecule has 0 fully saturated rings. The van der Waals surface area contributed by atoms with Gasteiger partial charge in [-0.25, -0.2) is 0 Å². The maximum atomic E-state index is 11.0. The molecule has 0 aromatic carbocycles. The molecule has 1 atom stereocenters. The second-order valence-electron chi connectivity index (χ2n) is 9.10. The van der Waals surface area contributed by atoms with Crippen LogP contribution in [0.2, 0.25) is 0 Å². The van der Waals surface area contributed by atoms with Gasteiger partial charge in [-0.3, -0.25) is 4.79 Å². The Morgan fingerprint density at radius 3 is 1.68 bits per heavy atom. The molecule has 0 aliphatic carbocycles. The summed E-state index contributed by atoms with van der Waals surface area (Å²) in [6.07, 6.45) is 21.2. The van der Waals surface area contributed by atoms with Crippen LogP contribution in [-0.2, 0) is 14.3 Å². The van der Waals surface area contributed by atoms with Crippen LogP contribution in [-0.4, -0.2) is 55.6 Å². The molecular weight excluding hydrogens is 390 g/mol. The number of rotatable bonds is 24. The quantitative estimate of drug-likeness (QED) is 0.114. The molecule has 5 heteroatoms. The first kappa shape index (κ1) is 30.1. The largest absolute Gasteiger partial charge is 0.469 e. The highest BCUT2D eigenvalue weighted by Gasteiger charge is 2.05. The lowest BCUT2D eigenvalue weighted by Crippen LogP contribution is -2.29. The van der Waals surface area contributed by atoms with Crippen molar-refractivity contribution in [1.29, 1.82) is 0 Å². The molecule has 184 valence electrons. The van der Waals surface area contributed by atoms with E-state index in [1.165, 1.54) is 84.2 Å². The SMILES string of the molecule is COC(=O)CCCCCCCCCCCCCN(CCO)CCCCCCC(C)C=O. The molecule has 1 unspecified atom stereocenters. The Balaban J connectivity index is 3.44. The van der Waals surface area contributed by atoms with Crippen molar-refractivity contribution in [2.75, 3.05) is 33.4 Å². The molecule has 31 heavy (non-hydrogen) atoms. The monoisotopic (exact) mass is 441 g/mol. The summed E-state index contributed by atoms with van der Waals surface area (Å²) in [5.41, 5.74) is 0. The molecule has 0 spiro atoms. The number of carbonyl (C=O) groups excluding carboxylic acids is 2. The number of unbranched alkanes of at least 4 members (excludes halogenated alkanes) is 13. The standard InChI is InChI=1S/C26H51NO4/c1-25(24-29)18-14-11-13-17-21-27(22-23-28)20-16-12-9-7-5-3-4-6-8-10-15-19-26(30)31-2/h24-25,28H,3-23H2,1-2H3. The lowest BCUT2D eigenvalue weighted by Gasteiger charge is -2.21. The van der Waals surface area contributed by atoms with E-state index in [4.69, 9.17) is 0 Å². The number of ether oxygens (including phenoxy) is 1. The van der Waals surface area contributed by atoms with E-state index in [2.05, 4.69) is 9.64 Å². The van der Waals surface area contributed by atoms with Crippen molar-refractivity contribution in [1.82, 2.24) is 4.90 Å². The van der Waals surface area contributed by atoms with Gasteiger partial charge in [0.05, 0.1) is 13.7 Å². The Kier molecular flexibility index (Phi) is 23.0. The molecule has 0 rings (SSSR count). The average Bonchev–Trinajstić information content (AvgIpc) is 2.78. The third-order valence-corrected chi connectivity index (χ3v) is 6.12. The van der Waals surface area contributed by atoms with Crippen molar-refractivity contribution in [2.24, 2.45) is 5.92 Å². The lowest BCUT2D eigenvalue weighted by molar-refractivity contribution is -0.140. The van der Waals surface area contributed by atoms with Crippen LogP contribution in [0.4, 0.5) is 0 Å². The van der Waals surface area contributed by atoms with Gasteiger partial charge in [-0.1, -0.05) is 84.0 Å². The molecule has 0 saturated carbocycles. The van der Waals surface area contributed by atoms with Gasteiger partial charge in [0.1, 0.15) is 6.29 Å². The van der Waals surface area contributed by atoms with Crippen LogP contribution in [0, 0.1) is 5.92 Å². The highest BCUT2D eigenvalue weighted by atomic mass is 16.5. The van der Waals surface area contributed by atoms with Crippen molar-refractivity contribution in [3.63, 3.8) is 0 Å². The first-order chi connectivity index (χ1) is 15.1. The molecule has 5 nitrogen and oxygen atoms in total. The molecule has 1 N–H and O–H groups in total. The fraction of sp³-hybridized carbons (Fsp3) is 0.923. The van der Waals surface area contributed by atoms with Crippen molar-refractivity contribution >= 4 is 12.3 Å². The van der Waals surface area contributed by atoms with Gasteiger partial charge in [0, 0.05) is 18.9 Å². The summed E-state index contributed by atoms with van der Waals surface area (Å²) in [7, 11) is 1.46. The van der Waals surface area contributed by atoms with E-state index in [0.29, 0.717) is 6.42 Å². The third-order valence-electron chi connectivity index (χ3n) is 6.12. The predicted molar refractivity (Wildman–Crippen MR) is 129 cm³/mol.